The first-order chi connectivity index (χ1) is 16.0. The lowest BCUT2D eigenvalue weighted by molar-refractivity contribution is -0.459. The molecular formula is C18H12F17NO. The molecule has 0 atom stereocenters. The summed E-state index contributed by atoms with van der Waals surface area (Å²) in [6, 6.07) is 2.20. The van der Waals surface area contributed by atoms with Crippen molar-refractivity contribution in [2.45, 2.75) is 68.4 Å². The van der Waals surface area contributed by atoms with Crippen molar-refractivity contribution in [3.05, 3.63) is 28.8 Å². The molecule has 0 aromatic heterocycles. The van der Waals surface area contributed by atoms with E-state index in [2.05, 4.69) is 0 Å². The van der Waals surface area contributed by atoms with Gasteiger partial charge in [0.1, 0.15) is 0 Å². The van der Waals surface area contributed by atoms with Gasteiger partial charge in [0.05, 0.1) is 0 Å². The molecule has 0 aliphatic heterocycles. The summed E-state index contributed by atoms with van der Waals surface area (Å²) in [5.41, 5.74) is -0.830. The number of hydrogen-bond donors (Lipinski definition) is 1. The van der Waals surface area contributed by atoms with Crippen molar-refractivity contribution in [3.63, 3.8) is 0 Å². The van der Waals surface area contributed by atoms with Crippen LogP contribution in [0.5, 0.6) is 0 Å². The van der Waals surface area contributed by atoms with Crippen LogP contribution in [-0.4, -0.2) is 53.5 Å². The predicted octanol–water partition coefficient (Wildman–Crippen LogP) is 7.56. The maximum atomic E-state index is 14.0. The molecule has 1 amide bonds. The Hall–Kier alpha value is -2.50. The van der Waals surface area contributed by atoms with E-state index in [9.17, 15) is 79.4 Å². The maximum Gasteiger partial charge on any atom is 0.460 e. The molecular weight excluding hydrogens is 569 g/mol. The minimum Gasteiger partial charge on any atom is -0.320 e. The predicted molar refractivity (Wildman–Crippen MR) is 90.0 cm³/mol. The normalized spacial score (nSPS) is 15.1. The molecule has 0 heterocycles. The van der Waals surface area contributed by atoms with Gasteiger partial charge in [-0.2, -0.15) is 74.6 Å². The molecule has 0 saturated heterocycles. The lowest BCUT2D eigenvalue weighted by Crippen LogP contribution is -2.75. The molecule has 0 bridgehead atoms. The van der Waals surface area contributed by atoms with Gasteiger partial charge in [-0.15, -0.1) is 0 Å². The van der Waals surface area contributed by atoms with Crippen molar-refractivity contribution in [2.24, 2.45) is 0 Å². The van der Waals surface area contributed by atoms with Crippen molar-refractivity contribution in [2.75, 3.05) is 5.32 Å². The van der Waals surface area contributed by atoms with E-state index in [0.29, 0.717) is 5.56 Å². The van der Waals surface area contributed by atoms with Gasteiger partial charge in [0.15, 0.2) is 0 Å². The average Bonchev–Trinajstić information content (AvgIpc) is 2.68. The van der Waals surface area contributed by atoms with Gasteiger partial charge in [0, 0.05) is 5.69 Å². The van der Waals surface area contributed by atoms with E-state index in [1.807, 2.05) is 0 Å². The SMILES string of the molecule is Cc1cc(C)c(NC(=O)C(F)(F)C(F)(F)C(F)(F)C(F)(F)C(F)(F)C(F)(F)C(F)(F)C(F)(F)F)c(C)c1. The number of rotatable bonds is 8. The highest BCUT2D eigenvalue weighted by molar-refractivity contribution is 5.98. The van der Waals surface area contributed by atoms with Crippen LogP contribution >= 0.6 is 0 Å². The second-order valence-electron chi connectivity index (χ2n) is 7.75. The van der Waals surface area contributed by atoms with Gasteiger partial charge >= 0.3 is 53.5 Å². The molecule has 1 aromatic carbocycles. The Morgan fingerprint density at radius 1 is 0.541 bits per heavy atom. The second-order valence-corrected chi connectivity index (χ2v) is 7.75. The van der Waals surface area contributed by atoms with E-state index >= 15 is 0 Å². The lowest BCUT2D eigenvalue weighted by Gasteiger charge is -2.42. The standard InChI is InChI=1S/C18H12F17NO/c1-6-4-7(2)9(8(3)5-6)36-10(37)11(19,20)12(21,22)13(23,24)14(25,26)15(27,28)16(29,30)17(31,32)18(33,34)35/h4-5H,1-3H3,(H,36,37). The van der Waals surface area contributed by atoms with Crippen LogP contribution in [0.4, 0.5) is 80.3 Å². The van der Waals surface area contributed by atoms with Crippen molar-refractivity contribution in [3.8, 4) is 0 Å². The van der Waals surface area contributed by atoms with Gasteiger partial charge in [0.25, 0.3) is 0 Å². The molecule has 214 valence electrons. The third-order valence-electron chi connectivity index (χ3n) is 4.92. The molecule has 1 aromatic rings. The Morgan fingerprint density at radius 2 is 0.838 bits per heavy atom. The van der Waals surface area contributed by atoms with Gasteiger partial charge in [-0.25, -0.2) is 0 Å². The number of halogens is 17. The van der Waals surface area contributed by atoms with E-state index in [1.165, 1.54) is 6.92 Å². The maximum absolute atomic E-state index is 14.0. The van der Waals surface area contributed by atoms with E-state index in [1.54, 1.807) is 0 Å². The molecule has 19 heteroatoms. The van der Waals surface area contributed by atoms with E-state index in [4.69, 9.17) is 0 Å². The molecule has 0 aliphatic carbocycles. The fourth-order valence-electron chi connectivity index (χ4n) is 2.88. The largest absolute Gasteiger partial charge is 0.460 e. The van der Waals surface area contributed by atoms with E-state index in [0.717, 1.165) is 31.3 Å². The topological polar surface area (TPSA) is 29.1 Å². The summed E-state index contributed by atoms with van der Waals surface area (Å²) in [5, 5.41) is 0.937. The zero-order valence-electron chi connectivity index (χ0n) is 18.0. The Labute approximate surface area is 194 Å². The number of carbonyl (C=O) groups excluding carboxylic acids is 1. The third-order valence-corrected chi connectivity index (χ3v) is 4.92. The highest BCUT2D eigenvalue weighted by Gasteiger charge is 2.95. The minimum absolute atomic E-state index is 0.206. The molecule has 0 spiro atoms. The number of carbonyl (C=O) groups is 1. The molecule has 1 rings (SSSR count). The fourth-order valence-corrected chi connectivity index (χ4v) is 2.88. The molecule has 2 nitrogen and oxygen atoms in total. The van der Waals surface area contributed by atoms with Crippen molar-refractivity contribution in [1.29, 1.82) is 0 Å². The van der Waals surface area contributed by atoms with Crippen LogP contribution in [0.15, 0.2) is 12.1 Å². The summed E-state index contributed by atoms with van der Waals surface area (Å²) in [6.45, 7) is 3.48. The third kappa shape index (κ3) is 4.44. The first-order valence-corrected chi connectivity index (χ1v) is 9.07. The number of nitrogens with one attached hydrogen (secondary N) is 1. The molecule has 0 fully saturated rings. The molecule has 0 aliphatic rings. The highest BCUT2D eigenvalue weighted by Crippen LogP contribution is 2.64. The number of hydrogen-bond acceptors (Lipinski definition) is 1. The summed E-state index contributed by atoms with van der Waals surface area (Å²) in [6.07, 6.45) is -7.83. The molecule has 0 radical (unpaired) electrons. The van der Waals surface area contributed by atoms with Crippen LogP contribution in [0.3, 0.4) is 0 Å². The first kappa shape index (κ1) is 32.5. The van der Waals surface area contributed by atoms with Gasteiger partial charge in [0.2, 0.25) is 0 Å². The van der Waals surface area contributed by atoms with Gasteiger partial charge < -0.3 is 5.32 Å². The smallest absolute Gasteiger partial charge is 0.320 e. The summed E-state index contributed by atoms with van der Waals surface area (Å²) in [4.78, 5) is 11.7. The van der Waals surface area contributed by atoms with Crippen molar-refractivity contribution in [1.82, 2.24) is 0 Å². The molecule has 1 N–H and O–H groups in total. The number of alkyl halides is 17. The van der Waals surface area contributed by atoms with Crippen LogP contribution in [-0.2, 0) is 4.79 Å². The van der Waals surface area contributed by atoms with E-state index < -0.39 is 59.2 Å². The van der Waals surface area contributed by atoms with Gasteiger partial charge in [-0.1, -0.05) is 17.7 Å². The van der Waals surface area contributed by atoms with Crippen LogP contribution < -0.4 is 5.32 Å². The summed E-state index contributed by atoms with van der Waals surface area (Å²) in [7, 11) is 0. The minimum atomic E-state index is -8.75. The van der Waals surface area contributed by atoms with Gasteiger partial charge in [-0.05, 0) is 31.9 Å². The van der Waals surface area contributed by atoms with Crippen LogP contribution in [0.25, 0.3) is 0 Å². The Morgan fingerprint density at radius 3 is 1.16 bits per heavy atom. The second kappa shape index (κ2) is 8.78. The first-order valence-electron chi connectivity index (χ1n) is 9.07. The number of aryl methyl sites for hydroxylation is 3. The van der Waals surface area contributed by atoms with Crippen molar-refractivity contribution < 1.29 is 79.4 Å². The summed E-state index contributed by atoms with van der Waals surface area (Å²) < 4.78 is 226. The Kier molecular flexibility index (Phi) is 7.71. The number of anilines is 1. The number of benzene rings is 1. The fraction of sp³-hybridized carbons (Fsp3) is 0.611. The summed E-state index contributed by atoms with van der Waals surface area (Å²) in [5.74, 6) is -61.7. The zero-order chi connectivity index (χ0) is 30.0. The number of amides is 1. The molecule has 0 saturated carbocycles. The average molecular weight is 581 g/mol. The van der Waals surface area contributed by atoms with E-state index in [-0.39, 0.29) is 11.1 Å². The summed E-state index contributed by atoms with van der Waals surface area (Å²) >= 11 is 0. The Bertz CT molecular complexity index is 1020. The van der Waals surface area contributed by atoms with Crippen LogP contribution in [0.1, 0.15) is 16.7 Å². The van der Waals surface area contributed by atoms with Crippen LogP contribution in [0, 0.1) is 20.8 Å². The highest BCUT2D eigenvalue weighted by atomic mass is 19.4. The van der Waals surface area contributed by atoms with Gasteiger partial charge in [-0.3, -0.25) is 4.79 Å². The van der Waals surface area contributed by atoms with Crippen molar-refractivity contribution >= 4 is 11.6 Å². The quantitative estimate of drug-likeness (QED) is 0.316. The molecule has 37 heavy (non-hydrogen) atoms. The lowest BCUT2D eigenvalue weighted by atomic mass is 9.88. The zero-order valence-corrected chi connectivity index (χ0v) is 18.0. The Balaban J connectivity index is 3.64. The van der Waals surface area contributed by atoms with Crippen LogP contribution in [0.2, 0.25) is 0 Å². The monoisotopic (exact) mass is 581 g/mol. The molecule has 0 unspecified atom stereocenters.